The van der Waals surface area contributed by atoms with Crippen molar-refractivity contribution in [3.05, 3.63) is 53.1 Å². The zero-order valence-electron chi connectivity index (χ0n) is 9.13. The van der Waals surface area contributed by atoms with E-state index in [0.717, 1.165) is 17.0 Å². The lowest BCUT2D eigenvalue weighted by molar-refractivity contribution is 0.618. The third kappa shape index (κ3) is 2.32. The van der Waals surface area contributed by atoms with Gasteiger partial charge in [-0.3, -0.25) is 0 Å². The number of benzene rings is 1. The Labute approximate surface area is 96.3 Å². The summed E-state index contributed by atoms with van der Waals surface area (Å²) in [7, 11) is 0. The van der Waals surface area contributed by atoms with Gasteiger partial charge in [0.2, 0.25) is 0 Å². The topological polar surface area (TPSA) is 0 Å². The highest BCUT2D eigenvalue weighted by atomic mass is 35.5. The van der Waals surface area contributed by atoms with E-state index in [2.05, 4.69) is 38.1 Å². The third-order valence-corrected chi connectivity index (χ3v) is 2.98. The molecule has 0 radical (unpaired) electrons. The molecular weight excluding hydrogens is 204 g/mol. The zero-order valence-corrected chi connectivity index (χ0v) is 9.88. The van der Waals surface area contributed by atoms with Crippen LogP contribution in [-0.4, -0.2) is 0 Å². The normalized spacial score (nSPS) is 18.7. The van der Waals surface area contributed by atoms with Crippen LogP contribution >= 0.6 is 11.6 Å². The van der Waals surface area contributed by atoms with Crippen molar-refractivity contribution in [1.29, 1.82) is 0 Å². The van der Waals surface area contributed by atoms with Gasteiger partial charge in [0.15, 0.2) is 0 Å². The molecule has 0 unspecified atom stereocenters. The Bertz CT molecular complexity index is 425. The van der Waals surface area contributed by atoms with Crippen LogP contribution in [0.3, 0.4) is 0 Å². The standard InChI is InChI=1S/C14H15Cl/c1-14(2)9-5-6-11(10-14)12-7-3-4-8-13(12)15/h3-5,7-10H,6H2,1-2H3. The summed E-state index contributed by atoms with van der Waals surface area (Å²) in [5.41, 5.74) is 2.64. The number of halogens is 1. The van der Waals surface area contributed by atoms with E-state index >= 15 is 0 Å². The lowest BCUT2D eigenvalue weighted by Gasteiger charge is -2.22. The highest BCUT2D eigenvalue weighted by Gasteiger charge is 2.17. The van der Waals surface area contributed by atoms with Gasteiger partial charge in [0, 0.05) is 10.4 Å². The summed E-state index contributed by atoms with van der Waals surface area (Å²) >= 11 is 6.19. The smallest absolute Gasteiger partial charge is 0.0481 e. The number of allylic oxidation sites excluding steroid dienone is 4. The van der Waals surface area contributed by atoms with Crippen LogP contribution in [0.5, 0.6) is 0 Å². The van der Waals surface area contributed by atoms with Gasteiger partial charge in [-0.2, -0.15) is 0 Å². The van der Waals surface area contributed by atoms with E-state index in [1.54, 1.807) is 0 Å². The fourth-order valence-corrected chi connectivity index (χ4v) is 2.21. The average Bonchev–Trinajstić information content (AvgIpc) is 2.17. The van der Waals surface area contributed by atoms with Crippen LogP contribution in [0.15, 0.2) is 42.5 Å². The molecular formula is C14H15Cl. The molecule has 1 heteroatoms. The Hall–Kier alpha value is -1.01. The van der Waals surface area contributed by atoms with E-state index in [4.69, 9.17) is 11.6 Å². The van der Waals surface area contributed by atoms with Crippen molar-refractivity contribution in [3.8, 4) is 0 Å². The maximum Gasteiger partial charge on any atom is 0.0481 e. The molecule has 0 aliphatic heterocycles. The molecule has 1 aliphatic carbocycles. The van der Waals surface area contributed by atoms with Crippen molar-refractivity contribution in [3.63, 3.8) is 0 Å². The molecule has 0 saturated carbocycles. The first-order valence-electron chi connectivity index (χ1n) is 5.23. The summed E-state index contributed by atoms with van der Waals surface area (Å²) in [4.78, 5) is 0. The van der Waals surface area contributed by atoms with Gasteiger partial charge in [-0.15, -0.1) is 0 Å². The third-order valence-electron chi connectivity index (χ3n) is 2.65. The SMILES string of the molecule is CC1(C)C=CCC(c2ccccc2Cl)=C1. The first-order valence-corrected chi connectivity index (χ1v) is 5.61. The first-order chi connectivity index (χ1) is 7.08. The monoisotopic (exact) mass is 218 g/mol. The zero-order chi connectivity index (χ0) is 10.9. The van der Waals surface area contributed by atoms with Crippen LogP contribution < -0.4 is 0 Å². The molecule has 1 aliphatic rings. The summed E-state index contributed by atoms with van der Waals surface area (Å²) in [5, 5.41) is 0.842. The van der Waals surface area contributed by atoms with Crippen molar-refractivity contribution in [2.24, 2.45) is 5.41 Å². The second-order valence-electron chi connectivity index (χ2n) is 4.58. The van der Waals surface area contributed by atoms with Gasteiger partial charge in [-0.25, -0.2) is 0 Å². The average molecular weight is 219 g/mol. The van der Waals surface area contributed by atoms with Crippen molar-refractivity contribution in [2.75, 3.05) is 0 Å². The summed E-state index contributed by atoms with van der Waals surface area (Å²) in [5.74, 6) is 0. The Morgan fingerprint density at radius 1 is 1.20 bits per heavy atom. The predicted octanol–water partition coefficient (Wildman–Crippen LogP) is 4.71. The molecule has 15 heavy (non-hydrogen) atoms. The Kier molecular flexibility index (Phi) is 2.70. The fraction of sp³-hybridized carbons (Fsp3) is 0.286. The van der Waals surface area contributed by atoms with Gasteiger partial charge >= 0.3 is 0 Å². The van der Waals surface area contributed by atoms with Gasteiger partial charge in [-0.05, 0) is 23.6 Å². The van der Waals surface area contributed by atoms with Crippen LogP contribution in [0, 0.1) is 5.41 Å². The summed E-state index contributed by atoms with van der Waals surface area (Å²) in [6.45, 7) is 4.42. The van der Waals surface area contributed by atoms with Crippen molar-refractivity contribution in [1.82, 2.24) is 0 Å². The molecule has 0 bridgehead atoms. The van der Waals surface area contributed by atoms with Crippen LogP contribution in [0.4, 0.5) is 0 Å². The Morgan fingerprint density at radius 3 is 2.60 bits per heavy atom. The minimum Gasteiger partial charge on any atom is -0.0837 e. The highest BCUT2D eigenvalue weighted by Crippen LogP contribution is 2.35. The van der Waals surface area contributed by atoms with E-state index in [0.29, 0.717) is 0 Å². The predicted molar refractivity (Wildman–Crippen MR) is 67.0 cm³/mol. The van der Waals surface area contributed by atoms with Gasteiger partial charge < -0.3 is 0 Å². The molecule has 2 rings (SSSR count). The maximum atomic E-state index is 6.19. The largest absolute Gasteiger partial charge is 0.0837 e. The van der Waals surface area contributed by atoms with Gasteiger partial charge in [0.25, 0.3) is 0 Å². The number of hydrogen-bond acceptors (Lipinski definition) is 0. The number of hydrogen-bond donors (Lipinski definition) is 0. The molecule has 0 atom stereocenters. The highest BCUT2D eigenvalue weighted by molar-refractivity contribution is 6.32. The van der Waals surface area contributed by atoms with Crippen molar-refractivity contribution < 1.29 is 0 Å². The molecule has 0 saturated heterocycles. The van der Waals surface area contributed by atoms with Crippen LogP contribution in [0.2, 0.25) is 5.02 Å². The molecule has 0 nitrogen and oxygen atoms in total. The van der Waals surface area contributed by atoms with Crippen LogP contribution in [0.25, 0.3) is 5.57 Å². The minimum absolute atomic E-state index is 0.146. The summed E-state index contributed by atoms with van der Waals surface area (Å²) in [6, 6.07) is 8.04. The van der Waals surface area contributed by atoms with Gasteiger partial charge in [-0.1, -0.05) is 61.9 Å². The first kappa shape index (κ1) is 10.5. The maximum absolute atomic E-state index is 6.19. The number of rotatable bonds is 1. The molecule has 0 spiro atoms. The second kappa shape index (κ2) is 3.86. The summed E-state index contributed by atoms with van der Waals surface area (Å²) < 4.78 is 0. The van der Waals surface area contributed by atoms with E-state index < -0.39 is 0 Å². The molecule has 0 amide bonds. The van der Waals surface area contributed by atoms with Crippen molar-refractivity contribution in [2.45, 2.75) is 20.3 Å². The summed E-state index contributed by atoms with van der Waals surface area (Å²) in [6.07, 6.45) is 7.74. The fourth-order valence-electron chi connectivity index (χ4n) is 1.96. The lowest BCUT2D eigenvalue weighted by atomic mass is 9.83. The molecule has 78 valence electrons. The lowest BCUT2D eigenvalue weighted by Crippen LogP contribution is -2.07. The Morgan fingerprint density at radius 2 is 1.93 bits per heavy atom. The van der Waals surface area contributed by atoms with E-state index in [1.165, 1.54) is 5.57 Å². The van der Waals surface area contributed by atoms with Crippen molar-refractivity contribution >= 4 is 17.2 Å². The van der Waals surface area contributed by atoms with E-state index in [9.17, 15) is 0 Å². The van der Waals surface area contributed by atoms with E-state index in [1.807, 2.05) is 18.2 Å². The second-order valence-corrected chi connectivity index (χ2v) is 4.98. The quantitative estimate of drug-likeness (QED) is 0.599. The van der Waals surface area contributed by atoms with Crippen LogP contribution in [0.1, 0.15) is 25.8 Å². The van der Waals surface area contributed by atoms with E-state index in [-0.39, 0.29) is 5.41 Å². The van der Waals surface area contributed by atoms with Crippen LogP contribution in [-0.2, 0) is 0 Å². The Balaban J connectivity index is 2.41. The molecule has 1 aromatic rings. The molecule has 0 heterocycles. The molecule has 0 N–H and O–H groups in total. The minimum atomic E-state index is 0.146. The molecule has 0 fully saturated rings. The molecule has 1 aromatic carbocycles. The molecule has 0 aromatic heterocycles. The van der Waals surface area contributed by atoms with Gasteiger partial charge in [0.1, 0.15) is 0 Å². The van der Waals surface area contributed by atoms with Gasteiger partial charge in [0.05, 0.1) is 0 Å².